The van der Waals surface area contributed by atoms with E-state index in [0.717, 1.165) is 12.8 Å². The summed E-state index contributed by atoms with van der Waals surface area (Å²) >= 11 is 5.38. The van der Waals surface area contributed by atoms with Gasteiger partial charge in [0.1, 0.15) is 16.2 Å². The lowest BCUT2D eigenvalue weighted by Gasteiger charge is -2.08. The molecule has 2 aromatic heterocycles. The van der Waals surface area contributed by atoms with Gasteiger partial charge < -0.3 is 4.98 Å². The van der Waals surface area contributed by atoms with Crippen LogP contribution in [0.15, 0.2) is 18.3 Å². The summed E-state index contributed by atoms with van der Waals surface area (Å²) < 4.78 is 13.5. The van der Waals surface area contributed by atoms with Crippen molar-refractivity contribution in [3.05, 3.63) is 40.0 Å². The van der Waals surface area contributed by atoms with E-state index in [0.29, 0.717) is 16.2 Å². The van der Waals surface area contributed by atoms with Crippen molar-refractivity contribution in [3.8, 4) is 11.5 Å². The third kappa shape index (κ3) is 2.56. The highest BCUT2D eigenvalue weighted by atomic mass is 32.1. The maximum Gasteiger partial charge on any atom is 0.157 e. The van der Waals surface area contributed by atoms with Crippen LogP contribution in [-0.2, 0) is 12.8 Å². The zero-order valence-electron chi connectivity index (χ0n) is 10.4. The molecule has 0 spiro atoms. The Labute approximate surface area is 115 Å². The highest BCUT2D eigenvalue weighted by Gasteiger charge is 2.13. The SMILES string of the molecule is Fc1ccc(-c2nc(=S)c3c([nH]2)CCCCC3)nc1. The molecule has 0 aliphatic heterocycles. The molecule has 0 unspecified atom stereocenters. The van der Waals surface area contributed by atoms with E-state index in [4.69, 9.17) is 12.2 Å². The first-order valence-electron chi connectivity index (χ1n) is 6.48. The Morgan fingerprint density at radius 2 is 2.00 bits per heavy atom. The van der Waals surface area contributed by atoms with Gasteiger partial charge in [0.05, 0.1) is 6.20 Å². The molecule has 0 fully saturated rings. The molecule has 1 aliphatic carbocycles. The Kier molecular flexibility index (Phi) is 3.38. The first-order chi connectivity index (χ1) is 9.24. The Morgan fingerprint density at radius 1 is 1.16 bits per heavy atom. The van der Waals surface area contributed by atoms with Gasteiger partial charge in [-0.2, -0.15) is 0 Å². The summed E-state index contributed by atoms with van der Waals surface area (Å²) in [6, 6.07) is 3.00. The summed E-state index contributed by atoms with van der Waals surface area (Å²) in [6.45, 7) is 0. The first kappa shape index (κ1) is 12.4. The number of fused-ring (bicyclic) bond motifs is 1. The number of halogens is 1. The Morgan fingerprint density at radius 3 is 2.79 bits per heavy atom. The van der Waals surface area contributed by atoms with Crippen LogP contribution >= 0.6 is 12.2 Å². The number of aryl methyl sites for hydroxylation is 1. The van der Waals surface area contributed by atoms with E-state index < -0.39 is 0 Å². The molecular weight excluding hydrogens is 261 g/mol. The van der Waals surface area contributed by atoms with Crippen LogP contribution in [0.3, 0.4) is 0 Å². The van der Waals surface area contributed by atoms with E-state index in [1.54, 1.807) is 6.07 Å². The third-order valence-corrected chi connectivity index (χ3v) is 3.77. The number of aromatic amines is 1. The quantitative estimate of drug-likeness (QED) is 0.638. The molecule has 0 bridgehead atoms. The molecule has 3 nitrogen and oxygen atoms in total. The smallest absolute Gasteiger partial charge is 0.157 e. The van der Waals surface area contributed by atoms with Crippen LogP contribution < -0.4 is 0 Å². The maximum atomic E-state index is 12.9. The van der Waals surface area contributed by atoms with Crippen LogP contribution in [0.25, 0.3) is 11.5 Å². The number of nitrogens with zero attached hydrogens (tertiary/aromatic N) is 2. The summed E-state index contributed by atoms with van der Waals surface area (Å²) in [5, 5.41) is 0. The minimum absolute atomic E-state index is 0.350. The molecule has 0 amide bonds. The van der Waals surface area contributed by atoms with Gasteiger partial charge in [0.15, 0.2) is 5.82 Å². The van der Waals surface area contributed by atoms with Crippen molar-refractivity contribution in [3.63, 3.8) is 0 Å². The van der Waals surface area contributed by atoms with Crippen molar-refractivity contribution in [1.82, 2.24) is 15.0 Å². The summed E-state index contributed by atoms with van der Waals surface area (Å²) in [5.74, 6) is 0.280. The summed E-state index contributed by atoms with van der Waals surface area (Å²) in [5.41, 5.74) is 2.96. The summed E-state index contributed by atoms with van der Waals surface area (Å²) in [7, 11) is 0. The minimum Gasteiger partial charge on any atom is -0.342 e. The molecule has 3 rings (SSSR count). The van der Waals surface area contributed by atoms with E-state index in [2.05, 4.69) is 15.0 Å². The number of nitrogens with one attached hydrogen (secondary N) is 1. The molecule has 19 heavy (non-hydrogen) atoms. The second-order valence-corrected chi connectivity index (χ2v) is 5.16. The molecule has 1 N–H and O–H groups in total. The predicted octanol–water partition coefficient (Wildman–Crippen LogP) is 3.61. The lowest BCUT2D eigenvalue weighted by molar-refractivity contribution is 0.621. The van der Waals surface area contributed by atoms with Crippen LogP contribution in [0.1, 0.15) is 30.5 Å². The molecule has 0 atom stereocenters. The van der Waals surface area contributed by atoms with Gasteiger partial charge in [0.25, 0.3) is 0 Å². The fourth-order valence-corrected chi connectivity index (χ4v) is 2.75. The predicted molar refractivity (Wildman–Crippen MR) is 73.9 cm³/mol. The van der Waals surface area contributed by atoms with Gasteiger partial charge in [-0.15, -0.1) is 0 Å². The van der Waals surface area contributed by atoms with Gasteiger partial charge >= 0.3 is 0 Å². The summed E-state index contributed by atoms with van der Waals surface area (Å²) in [4.78, 5) is 11.8. The van der Waals surface area contributed by atoms with Crippen LogP contribution in [0.2, 0.25) is 0 Å². The molecule has 0 saturated heterocycles. The zero-order chi connectivity index (χ0) is 13.2. The van der Waals surface area contributed by atoms with E-state index in [9.17, 15) is 4.39 Å². The number of hydrogen-bond donors (Lipinski definition) is 1. The van der Waals surface area contributed by atoms with E-state index in [-0.39, 0.29) is 5.82 Å². The molecule has 0 aromatic carbocycles. The Bertz CT molecular complexity index is 649. The molecule has 0 saturated carbocycles. The molecule has 5 heteroatoms. The number of pyridine rings is 1. The van der Waals surface area contributed by atoms with Gasteiger partial charge in [0.2, 0.25) is 0 Å². The fourth-order valence-electron chi connectivity index (χ4n) is 2.43. The Hall–Kier alpha value is -1.62. The lowest BCUT2D eigenvalue weighted by atomic mass is 10.1. The van der Waals surface area contributed by atoms with Gasteiger partial charge in [-0.1, -0.05) is 18.6 Å². The Balaban J connectivity index is 2.08. The second kappa shape index (κ2) is 5.17. The minimum atomic E-state index is -0.350. The highest BCUT2D eigenvalue weighted by Crippen LogP contribution is 2.22. The van der Waals surface area contributed by atoms with E-state index in [1.807, 2.05) is 0 Å². The van der Waals surface area contributed by atoms with Crippen LogP contribution in [0, 0.1) is 10.5 Å². The van der Waals surface area contributed by atoms with Crippen molar-refractivity contribution in [2.75, 3.05) is 0 Å². The lowest BCUT2D eigenvalue weighted by Crippen LogP contribution is -2.02. The van der Waals surface area contributed by atoms with Crippen molar-refractivity contribution in [1.29, 1.82) is 0 Å². The molecule has 98 valence electrons. The number of H-pyrrole nitrogens is 1. The van der Waals surface area contributed by atoms with Crippen molar-refractivity contribution < 1.29 is 4.39 Å². The van der Waals surface area contributed by atoms with Crippen molar-refractivity contribution in [2.24, 2.45) is 0 Å². The number of hydrogen-bond acceptors (Lipinski definition) is 3. The zero-order valence-corrected chi connectivity index (χ0v) is 11.3. The van der Waals surface area contributed by atoms with Gasteiger partial charge in [-0.05, 0) is 37.8 Å². The highest BCUT2D eigenvalue weighted by molar-refractivity contribution is 7.71. The molecule has 2 aromatic rings. The molecule has 2 heterocycles. The summed E-state index contributed by atoms with van der Waals surface area (Å²) in [6.07, 6.45) is 6.74. The molecular formula is C14H14FN3S. The average molecular weight is 275 g/mol. The monoisotopic (exact) mass is 275 g/mol. The largest absolute Gasteiger partial charge is 0.342 e. The van der Waals surface area contributed by atoms with Crippen LogP contribution in [0.4, 0.5) is 4.39 Å². The van der Waals surface area contributed by atoms with E-state index in [1.165, 1.54) is 42.8 Å². The van der Waals surface area contributed by atoms with Crippen molar-refractivity contribution >= 4 is 12.2 Å². The van der Waals surface area contributed by atoms with Gasteiger partial charge in [-0.3, -0.25) is 0 Å². The van der Waals surface area contributed by atoms with Crippen molar-refractivity contribution in [2.45, 2.75) is 32.1 Å². The standard InChI is InChI=1S/C14H14FN3S/c15-9-6-7-12(16-8-9)13-17-11-5-3-1-2-4-10(11)14(19)18-13/h6-8H,1-5H2,(H,17,18,19). The normalized spacial score (nSPS) is 14.8. The maximum absolute atomic E-state index is 12.9. The fraction of sp³-hybridized carbons (Fsp3) is 0.357. The number of aromatic nitrogens is 3. The van der Waals surface area contributed by atoms with Crippen LogP contribution in [-0.4, -0.2) is 15.0 Å². The number of rotatable bonds is 1. The topological polar surface area (TPSA) is 41.6 Å². The molecule has 0 radical (unpaired) electrons. The second-order valence-electron chi connectivity index (χ2n) is 4.77. The van der Waals surface area contributed by atoms with Gasteiger partial charge in [0, 0.05) is 11.3 Å². The first-order valence-corrected chi connectivity index (χ1v) is 6.89. The van der Waals surface area contributed by atoms with Gasteiger partial charge in [-0.25, -0.2) is 14.4 Å². The van der Waals surface area contributed by atoms with E-state index >= 15 is 0 Å². The average Bonchev–Trinajstić information content (AvgIpc) is 2.65. The van der Waals surface area contributed by atoms with Crippen LogP contribution in [0.5, 0.6) is 0 Å². The molecule has 1 aliphatic rings. The third-order valence-electron chi connectivity index (χ3n) is 3.43.